The number of nitrogens with one attached hydrogen (secondary N) is 1. The van der Waals surface area contributed by atoms with Crippen molar-refractivity contribution in [3.8, 4) is 0 Å². The number of ether oxygens (including phenoxy) is 1. The van der Waals surface area contributed by atoms with Crippen LogP contribution in [0.25, 0.3) is 0 Å². The molecule has 0 saturated carbocycles. The van der Waals surface area contributed by atoms with E-state index in [1.54, 1.807) is 0 Å². The van der Waals surface area contributed by atoms with Crippen molar-refractivity contribution in [2.75, 3.05) is 13.2 Å². The zero-order valence-corrected chi connectivity index (χ0v) is 53.6. The van der Waals surface area contributed by atoms with Gasteiger partial charge < -0.3 is 20.3 Å². The summed E-state index contributed by atoms with van der Waals surface area (Å²) < 4.78 is 5.51. The van der Waals surface area contributed by atoms with Gasteiger partial charge in [0.25, 0.3) is 0 Å². The van der Waals surface area contributed by atoms with Gasteiger partial charge >= 0.3 is 5.97 Å². The van der Waals surface area contributed by atoms with Crippen molar-refractivity contribution < 1.29 is 24.5 Å². The second kappa shape index (κ2) is 68.8. The highest BCUT2D eigenvalue weighted by atomic mass is 16.5. The average molecular weight is 1110 g/mol. The SMILES string of the molecule is CCCCCCCC/C=C\CCCCCCCCCCCC(=O)OCCCCCCCCCCCCCC/C=C\CCCCCCCCCCCCC(=O)NC(CO)C(O)CCCCCCCCCCCCCCCCCCC. The van der Waals surface area contributed by atoms with E-state index in [1.807, 2.05) is 0 Å². The second-order valence-electron chi connectivity index (χ2n) is 24.9. The van der Waals surface area contributed by atoms with Gasteiger partial charge in [0.15, 0.2) is 0 Å². The molecule has 79 heavy (non-hydrogen) atoms. The number of rotatable bonds is 68. The van der Waals surface area contributed by atoms with E-state index in [0.29, 0.717) is 25.9 Å². The third-order valence-electron chi connectivity index (χ3n) is 17.0. The molecule has 0 fully saturated rings. The Labute approximate surface area is 494 Å². The van der Waals surface area contributed by atoms with Crippen LogP contribution in [0.15, 0.2) is 24.3 Å². The van der Waals surface area contributed by atoms with Crippen LogP contribution < -0.4 is 5.32 Å². The number of aliphatic hydroxyl groups excluding tert-OH is 2. The van der Waals surface area contributed by atoms with E-state index in [4.69, 9.17) is 4.74 Å². The molecular formula is C73H141NO5. The Bertz CT molecular complexity index is 1230. The van der Waals surface area contributed by atoms with Crippen LogP contribution in [0.4, 0.5) is 0 Å². The quantitative estimate of drug-likeness (QED) is 0.0320. The molecule has 0 saturated heterocycles. The molecule has 468 valence electrons. The highest BCUT2D eigenvalue weighted by Gasteiger charge is 2.20. The molecular weight excluding hydrogens is 971 g/mol. The molecule has 0 rings (SSSR count). The molecule has 1 amide bonds. The van der Waals surface area contributed by atoms with Gasteiger partial charge in [0.1, 0.15) is 0 Å². The van der Waals surface area contributed by atoms with Crippen LogP contribution in [0.3, 0.4) is 0 Å². The van der Waals surface area contributed by atoms with Gasteiger partial charge in [-0.2, -0.15) is 0 Å². The summed E-state index contributed by atoms with van der Waals surface area (Å²) in [6.45, 7) is 4.99. The fraction of sp³-hybridized carbons (Fsp3) is 0.918. The molecule has 0 heterocycles. The first-order chi connectivity index (χ1) is 39.0. The summed E-state index contributed by atoms with van der Waals surface area (Å²) in [5.41, 5.74) is 0. The van der Waals surface area contributed by atoms with Gasteiger partial charge in [0.2, 0.25) is 5.91 Å². The van der Waals surface area contributed by atoms with E-state index >= 15 is 0 Å². The lowest BCUT2D eigenvalue weighted by molar-refractivity contribution is -0.143. The molecule has 0 radical (unpaired) electrons. The molecule has 3 N–H and O–H groups in total. The number of hydrogen-bond donors (Lipinski definition) is 3. The standard InChI is InChI=1S/C73H141NO5/c1-3-5-7-9-11-13-15-17-19-21-30-35-39-43-47-51-55-59-63-67-73(78)79-68-64-60-56-52-48-44-40-36-32-29-27-25-23-22-24-26-28-31-34-38-42-46-50-54-58-62-66-72(77)74-70(69-75)71(76)65-61-57-53-49-45-41-37-33-20-18-16-14-12-10-8-6-4-2/h17,19,22,24,70-71,75-76H,3-16,18,20-21,23,25-69H2,1-2H3,(H,74,77)/b19-17-,24-22-. The van der Waals surface area contributed by atoms with Gasteiger partial charge in [-0.25, -0.2) is 0 Å². The normalized spacial score (nSPS) is 12.6. The van der Waals surface area contributed by atoms with Crippen molar-refractivity contribution in [2.24, 2.45) is 0 Å². The Kier molecular flexibility index (Phi) is 67.4. The fourth-order valence-corrected chi connectivity index (χ4v) is 11.5. The zero-order chi connectivity index (χ0) is 57.1. The Balaban J connectivity index is 3.37. The first-order valence-electron chi connectivity index (χ1n) is 36.1. The van der Waals surface area contributed by atoms with Gasteiger partial charge in [-0.3, -0.25) is 9.59 Å². The monoisotopic (exact) mass is 1110 g/mol. The molecule has 0 aromatic heterocycles. The highest BCUT2D eigenvalue weighted by Crippen LogP contribution is 2.19. The van der Waals surface area contributed by atoms with Crippen molar-refractivity contribution in [1.29, 1.82) is 0 Å². The maximum atomic E-state index is 12.5. The van der Waals surface area contributed by atoms with Crippen molar-refractivity contribution in [2.45, 2.75) is 418 Å². The number of allylic oxidation sites excluding steroid dienone is 4. The lowest BCUT2D eigenvalue weighted by Crippen LogP contribution is -2.45. The van der Waals surface area contributed by atoms with Crippen LogP contribution in [-0.2, 0) is 14.3 Å². The maximum Gasteiger partial charge on any atom is 0.305 e. The third kappa shape index (κ3) is 65.4. The van der Waals surface area contributed by atoms with Gasteiger partial charge in [-0.1, -0.05) is 340 Å². The van der Waals surface area contributed by atoms with Crippen LogP contribution in [0.2, 0.25) is 0 Å². The van der Waals surface area contributed by atoms with E-state index in [-0.39, 0.29) is 18.5 Å². The molecule has 0 aromatic rings. The van der Waals surface area contributed by atoms with Crippen molar-refractivity contribution in [3.05, 3.63) is 24.3 Å². The van der Waals surface area contributed by atoms with E-state index in [0.717, 1.165) is 38.5 Å². The molecule has 0 aliphatic heterocycles. The number of carbonyl (C=O) groups is 2. The Morgan fingerprint density at radius 3 is 0.899 bits per heavy atom. The molecule has 2 unspecified atom stereocenters. The molecule has 0 spiro atoms. The van der Waals surface area contributed by atoms with Crippen molar-refractivity contribution in [1.82, 2.24) is 5.32 Å². The van der Waals surface area contributed by atoms with E-state index in [1.165, 1.54) is 334 Å². The molecule has 0 aliphatic rings. The number of carbonyl (C=O) groups excluding carboxylic acids is 2. The molecule has 0 aromatic carbocycles. The number of amides is 1. The molecule has 6 heteroatoms. The number of esters is 1. The van der Waals surface area contributed by atoms with Crippen LogP contribution in [0.1, 0.15) is 406 Å². The highest BCUT2D eigenvalue weighted by molar-refractivity contribution is 5.76. The Morgan fingerprint density at radius 2 is 0.595 bits per heavy atom. The largest absolute Gasteiger partial charge is 0.466 e. The van der Waals surface area contributed by atoms with E-state index in [2.05, 4.69) is 43.5 Å². The van der Waals surface area contributed by atoms with Crippen LogP contribution in [0.5, 0.6) is 0 Å². The second-order valence-corrected chi connectivity index (χ2v) is 24.9. The molecule has 0 bridgehead atoms. The van der Waals surface area contributed by atoms with E-state index in [9.17, 15) is 19.8 Å². The van der Waals surface area contributed by atoms with Crippen LogP contribution in [-0.4, -0.2) is 47.4 Å². The summed E-state index contributed by atoms with van der Waals surface area (Å²) >= 11 is 0. The van der Waals surface area contributed by atoms with Gasteiger partial charge in [-0.15, -0.1) is 0 Å². The predicted octanol–water partition coefficient (Wildman–Crippen LogP) is 23.3. The van der Waals surface area contributed by atoms with Crippen molar-refractivity contribution >= 4 is 11.9 Å². The van der Waals surface area contributed by atoms with Crippen LogP contribution >= 0.6 is 0 Å². The minimum atomic E-state index is -0.666. The van der Waals surface area contributed by atoms with Crippen LogP contribution in [0, 0.1) is 0 Å². The lowest BCUT2D eigenvalue weighted by atomic mass is 10.0. The predicted molar refractivity (Wildman–Crippen MR) is 347 cm³/mol. The Hall–Kier alpha value is -1.66. The summed E-state index contributed by atoms with van der Waals surface area (Å²) in [5.74, 6) is -0.0185. The summed E-state index contributed by atoms with van der Waals surface area (Å²) in [6, 6.07) is -0.543. The minimum absolute atomic E-state index is 0.0148. The first kappa shape index (κ1) is 77.3. The average Bonchev–Trinajstić information content (AvgIpc) is 3.45. The lowest BCUT2D eigenvalue weighted by Gasteiger charge is -2.22. The molecule has 6 nitrogen and oxygen atoms in total. The summed E-state index contributed by atoms with van der Waals surface area (Å²) in [6.07, 6.45) is 86.6. The minimum Gasteiger partial charge on any atom is -0.466 e. The Morgan fingerprint density at radius 1 is 0.342 bits per heavy atom. The summed E-state index contributed by atoms with van der Waals surface area (Å²) in [5, 5.41) is 23.4. The molecule has 0 aliphatic carbocycles. The first-order valence-corrected chi connectivity index (χ1v) is 36.1. The zero-order valence-electron chi connectivity index (χ0n) is 53.6. The maximum absolute atomic E-state index is 12.5. The smallest absolute Gasteiger partial charge is 0.305 e. The van der Waals surface area contributed by atoms with Gasteiger partial charge in [0, 0.05) is 12.8 Å². The fourth-order valence-electron chi connectivity index (χ4n) is 11.5. The number of unbranched alkanes of at least 4 members (excludes halogenated alkanes) is 53. The molecule has 2 atom stereocenters. The topological polar surface area (TPSA) is 95.9 Å². The van der Waals surface area contributed by atoms with Crippen molar-refractivity contribution in [3.63, 3.8) is 0 Å². The van der Waals surface area contributed by atoms with Gasteiger partial charge in [0.05, 0.1) is 25.4 Å². The number of hydrogen-bond acceptors (Lipinski definition) is 5. The van der Waals surface area contributed by atoms with Gasteiger partial charge in [-0.05, 0) is 77.0 Å². The summed E-state index contributed by atoms with van der Waals surface area (Å²) in [4.78, 5) is 24.6. The van der Waals surface area contributed by atoms with E-state index < -0.39 is 12.1 Å². The number of aliphatic hydroxyl groups is 2. The third-order valence-corrected chi connectivity index (χ3v) is 17.0. The summed E-state index contributed by atoms with van der Waals surface area (Å²) in [7, 11) is 0.